The zero-order valence-corrected chi connectivity index (χ0v) is 13.5. The molecule has 0 radical (unpaired) electrons. The van der Waals surface area contributed by atoms with E-state index < -0.39 is 0 Å². The number of rotatable bonds is 4. The summed E-state index contributed by atoms with van der Waals surface area (Å²) >= 11 is 0. The van der Waals surface area contributed by atoms with Gasteiger partial charge in [0.2, 0.25) is 5.95 Å². The third-order valence-corrected chi connectivity index (χ3v) is 3.85. The predicted octanol–water partition coefficient (Wildman–Crippen LogP) is 2.76. The number of aromatic nitrogens is 2. The molecule has 1 aromatic carbocycles. The molecule has 1 aliphatic heterocycles. The average Bonchev–Trinajstić information content (AvgIpc) is 2.55. The molecule has 3 rings (SSSR count). The molecule has 0 bridgehead atoms. The van der Waals surface area contributed by atoms with Crippen molar-refractivity contribution in [2.75, 3.05) is 41.3 Å². The van der Waals surface area contributed by atoms with Gasteiger partial charge < -0.3 is 15.1 Å². The average molecular weight is 315 g/mol. The lowest BCUT2D eigenvalue weighted by molar-refractivity contribution is 0.624. The lowest BCUT2D eigenvalue weighted by Crippen LogP contribution is -2.46. The van der Waals surface area contributed by atoms with Crippen LogP contribution in [0, 0.1) is 5.82 Å². The van der Waals surface area contributed by atoms with Crippen LogP contribution in [0.2, 0.25) is 0 Å². The molecule has 2 heterocycles. The first-order valence-electron chi connectivity index (χ1n) is 7.97. The van der Waals surface area contributed by atoms with Gasteiger partial charge in [-0.05, 0) is 44.2 Å². The maximum Gasteiger partial charge on any atom is 0.224 e. The van der Waals surface area contributed by atoms with E-state index in [9.17, 15) is 4.39 Å². The number of hydrogen-bond donors (Lipinski definition) is 1. The minimum absolute atomic E-state index is 0.196. The fourth-order valence-corrected chi connectivity index (χ4v) is 2.70. The Kier molecular flexibility index (Phi) is 4.60. The van der Waals surface area contributed by atoms with Crippen LogP contribution in [0.15, 0.2) is 36.5 Å². The second-order valence-electron chi connectivity index (χ2n) is 5.99. The van der Waals surface area contributed by atoms with Gasteiger partial charge in [0.1, 0.15) is 11.6 Å². The smallest absolute Gasteiger partial charge is 0.224 e. The lowest BCUT2D eigenvalue weighted by Gasteiger charge is -2.36. The first-order valence-corrected chi connectivity index (χ1v) is 7.97. The van der Waals surface area contributed by atoms with E-state index in [2.05, 4.69) is 38.9 Å². The summed E-state index contributed by atoms with van der Waals surface area (Å²) < 4.78 is 13.0. The van der Waals surface area contributed by atoms with Gasteiger partial charge in [-0.2, -0.15) is 4.98 Å². The summed E-state index contributed by atoms with van der Waals surface area (Å²) in [7, 11) is 0. The molecule has 0 saturated carbocycles. The number of nitrogens with one attached hydrogen (secondary N) is 1. The van der Waals surface area contributed by atoms with Crippen molar-refractivity contribution in [3.05, 3.63) is 42.3 Å². The Hall–Kier alpha value is -2.37. The molecular weight excluding hydrogens is 293 g/mol. The minimum atomic E-state index is -0.196. The summed E-state index contributed by atoms with van der Waals surface area (Å²) in [4.78, 5) is 13.4. The zero-order chi connectivity index (χ0) is 16.2. The van der Waals surface area contributed by atoms with Crippen molar-refractivity contribution >= 4 is 17.5 Å². The molecule has 23 heavy (non-hydrogen) atoms. The highest BCUT2D eigenvalue weighted by Crippen LogP contribution is 2.20. The highest BCUT2D eigenvalue weighted by Gasteiger charge is 2.18. The van der Waals surface area contributed by atoms with Crippen molar-refractivity contribution < 1.29 is 4.39 Å². The Labute approximate surface area is 136 Å². The Morgan fingerprint density at radius 3 is 2.30 bits per heavy atom. The normalized spacial score (nSPS) is 15.1. The molecule has 2 aromatic rings. The molecule has 0 aliphatic carbocycles. The summed E-state index contributed by atoms with van der Waals surface area (Å²) in [5.41, 5.74) is 1.07. The molecule has 122 valence electrons. The van der Waals surface area contributed by atoms with Crippen LogP contribution in [-0.4, -0.2) is 42.2 Å². The van der Waals surface area contributed by atoms with Crippen LogP contribution in [-0.2, 0) is 0 Å². The van der Waals surface area contributed by atoms with Gasteiger partial charge in [-0.25, -0.2) is 9.37 Å². The number of piperazine rings is 1. The Morgan fingerprint density at radius 2 is 1.65 bits per heavy atom. The topological polar surface area (TPSA) is 44.3 Å². The highest BCUT2D eigenvalue weighted by molar-refractivity contribution is 5.50. The fraction of sp³-hybridized carbons (Fsp3) is 0.412. The van der Waals surface area contributed by atoms with Crippen molar-refractivity contribution in [3.63, 3.8) is 0 Å². The Bertz CT molecular complexity index is 636. The SMILES string of the molecule is CC(C)Nc1nccc(N2CCN(c3ccc(F)cc3)CC2)n1. The third kappa shape index (κ3) is 3.88. The quantitative estimate of drug-likeness (QED) is 0.940. The van der Waals surface area contributed by atoms with E-state index in [-0.39, 0.29) is 5.82 Å². The van der Waals surface area contributed by atoms with Gasteiger partial charge in [0.25, 0.3) is 0 Å². The summed E-state index contributed by atoms with van der Waals surface area (Å²) in [6.45, 7) is 7.69. The number of benzene rings is 1. The van der Waals surface area contributed by atoms with Crippen LogP contribution in [0.4, 0.5) is 21.8 Å². The van der Waals surface area contributed by atoms with Crippen LogP contribution >= 0.6 is 0 Å². The van der Waals surface area contributed by atoms with Gasteiger partial charge in [-0.15, -0.1) is 0 Å². The molecule has 6 heteroatoms. The minimum Gasteiger partial charge on any atom is -0.368 e. The van der Waals surface area contributed by atoms with Crippen molar-refractivity contribution in [3.8, 4) is 0 Å². The summed E-state index contributed by atoms with van der Waals surface area (Å²) in [5, 5.41) is 3.23. The predicted molar refractivity (Wildman–Crippen MR) is 91.6 cm³/mol. The van der Waals surface area contributed by atoms with E-state index in [0.29, 0.717) is 12.0 Å². The highest BCUT2D eigenvalue weighted by atomic mass is 19.1. The van der Waals surface area contributed by atoms with Crippen LogP contribution in [0.3, 0.4) is 0 Å². The third-order valence-electron chi connectivity index (χ3n) is 3.85. The maximum absolute atomic E-state index is 13.0. The number of halogens is 1. The largest absolute Gasteiger partial charge is 0.368 e. The maximum atomic E-state index is 13.0. The lowest BCUT2D eigenvalue weighted by atomic mass is 10.2. The number of anilines is 3. The second-order valence-corrected chi connectivity index (χ2v) is 5.99. The summed E-state index contributed by atoms with van der Waals surface area (Å²) in [6.07, 6.45) is 1.79. The fourth-order valence-electron chi connectivity index (χ4n) is 2.70. The van der Waals surface area contributed by atoms with Gasteiger partial charge >= 0.3 is 0 Å². The van der Waals surface area contributed by atoms with E-state index in [1.54, 1.807) is 6.20 Å². The van der Waals surface area contributed by atoms with E-state index in [1.165, 1.54) is 12.1 Å². The molecule has 1 saturated heterocycles. The van der Waals surface area contributed by atoms with Crippen LogP contribution in [0.1, 0.15) is 13.8 Å². The van der Waals surface area contributed by atoms with Crippen molar-refractivity contribution in [1.29, 1.82) is 0 Å². The molecule has 0 spiro atoms. The first-order chi connectivity index (χ1) is 11.1. The van der Waals surface area contributed by atoms with Crippen LogP contribution in [0.5, 0.6) is 0 Å². The van der Waals surface area contributed by atoms with Gasteiger partial charge in [0.05, 0.1) is 0 Å². The van der Waals surface area contributed by atoms with E-state index in [4.69, 9.17) is 0 Å². The summed E-state index contributed by atoms with van der Waals surface area (Å²) in [5.74, 6) is 1.42. The van der Waals surface area contributed by atoms with Gasteiger partial charge in [-0.1, -0.05) is 0 Å². The van der Waals surface area contributed by atoms with Gasteiger partial charge in [-0.3, -0.25) is 0 Å². The zero-order valence-electron chi connectivity index (χ0n) is 13.5. The molecule has 0 unspecified atom stereocenters. The number of nitrogens with zero attached hydrogens (tertiary/aromatic N) is 4. The molecule has 1 aromatic heterocycles. The van der Waals surface area contributed by atoms with Gasteiger partial charge in [0, 0.05) is 44.1 Å². The molecule has 1 fully saturated rings. The molecular formula is C17H22FN5. The number of hydrogen-bond acceptors (Lipinski definition) is 5. The molecule has 1 N–H and O–H groups in total. The second kappa shape index (κ2) is 6.81. The van der Waals surface area contributed by atoms with Crippen LogP contribution in [0.25, 0.3) is 0 Å². The van der Waals surface area contributed by atoms with E-state index in [0.717, 1.165) is 37.7 Å². The van der Waals surface area contributed by atoms with Crippen molar-refractivity contribution in [1.82, 2.24) is 9.97 Å². The first kappa shape index (κ1) is 15.5. The van der Waals surface area contributed by atoms with Crippen molar-refractivity contribution in [2.24, 2.45) is 0 Å². The van der Waals surface area contributed by atoms with E-state index >= 15 is 0 Å². The van der Waals surface area contributed by atoms with Crippen molar-refractivity contribution in [2.45, 2.75) is 19.9 Å². The Morgan fingerprint density at radius 1 is 1.00 bits per heavy atom. The monoisotopic (exact) mass is 315 g/mol. The van der Waals surface area contributed by atoms with E-state index in [1.807, 2.05) is 18.2 Å². The summed E-state index contributed by atoms with van der Waals surface area (Å²) in [6, 6.07) is 8.94. The van der Waals surface area contributed by atoms with Crippen LogP contribution < -0.4 is 15.1 Å². The standard InChI is InChI=1S/C17H22FN5/c1-13(2)20-17-19-8-7-16(21-17)23-11-9-22(10-12-23)15-5-3-14(18)4-6-15/h3-8,13H,9-12H2,1-2H3,(H,19,20,21). The molecule has 0 atom stereocenters. The molecule has 1 aliphatic rings. The van der Waals surface area contributed by atoms with Gasteiger partial charge in [0.15, 0.2) is 0 Å². The molecule has 5 nitrogen and oxygen atoms in total. The molecule has 0 amide bonds. The Balaban J connectivity index is 1.63.